The molecule has 3 heterocycles. The Bertz CT molecular complexity index is 2940. The number of fused-ring (bicyclic) bond motifs is 2. The van der Waals surface area contributed by atoms with Crippen molar-refractivity contribution in [2.45, 2.75) is 110 Å². The SMILES string of the molecule is Cc1ncsc1-c1ccc(CNC(=O)[C@@H]2C[C@@H](O)CN2C(=O)[C@@H](NC(=O)COc2ccc(OCCNC(=O)/C=C/c3cc(F)c([C@@H]4C5=C(C[C@@H](C)N4CC(C)(C)F)c4ccccc4C5)c(F)c3)cc2)C(C)(C)C)cc1. The molecule has 1 fully saturated rings. The van der Waals surface area contributed by atoms with Gasteiger partial charge in [-0.25, -0.2) is 18.2 Å². The number of aromatic nitrogens is 1. The Morgan fingerprint density at radius 2 is 1.61 bits per heavy atom. The number of thiazole rings is 1. The van der Waals surface area contributed by atoms with E-state index in [2.05, 4.69) is 20.9 Å². The number of nitrogens with one attached hydrogen (secondary N) is 3. The Hall–Kier alpha value is -6.82. The Morgan fingerprint density at radius 1 is 0.933 bits per heavy atom. The van der Waals surface area contributed by atoms with Crippen molar-refractivity contribution in [3.63, 3.8) is 0 Å². The lowest BCUT2D eigenvalue weighted by Gasteiger charge is -2.44. The molecule has 5 aromatic rings. The lowest BCUT2D eigenvalue weighted by molar-refractivity contribution is -0.144. The molecule has 396 valence electrons. The number of rotatable bonds is 18. The first kappa shape index (κ1) is 54.4. The molecular weight excluding hydrogens is 982 g/mol. The van der Waals surface area contributed by atoms with Gasteiger partial charge in [-0.2, -0.15) is 0 Å². The van der Waals surface area contributed by atoms with Crippen molar-refractivity contribution in [2.24, 2.45) is 5.41 Å². The molecule has 0 unspecified atom stereocenters. The first-order valence-corrected chi connectivity index (χ1v) is 26.1. The van der Waals surface area contributed by atoms with Crippen LogP contribution in [0.1, 0.15) is 93.9 Å². The van der Waals surface area contributed by atoms with Crippen LogP contribution in [0.5, 0.6) is 11.5 Å². The predicted molar refractivity (Wildman–Crippen MR) is 283 cm³/mol. The van der Waals surface area contributed by atoms with Gasteiger partial charge in [0, 0.05) is 43.7 Å². The van der Waals surface area contributed by atoms with Crippen LogP contribution in [-0.2, 0) is 32.1 Å². The summed E-state index contributed by atoms with van der Waals surface area (Å²) in [6.07, 6.45) is 2.83. The minimum Gasteiger partial charge on any atom is -0.492 e. The van der Waals surface area contributed by atoms with E-state index in [4.69, 9.17) is 9.47 Å². The number of aliphatic hydroxyl groups is 1. The van der Waals surface area contributed by atoms with E-state index in [1.807, 2.05) is 67.3 Å². The van der Waals surface area contributed by atoms with Gasteiger partial charge < -0.3 is 35.4 Å². The Morgan fingerprint density at radius 3 is 2.27 bits per heavy atom. The Balaban J connectivity index is 0.790. The van der Waals surface area contributed by atoms with Gasteiger partial charge >= 0.3 is 0 Å². The fourth-order valence-electron chi connectivity index (χ4n) is 10.1. The van der Waals surface area contributed by atoms with Gasteiger partial charge in [0.2, 0.25) is 17.7 Å². The largest absolute Gasteiger partial charge is 0.492 e. The first-order chi connectivity index (χ1) is 35.6. The van der Waals surface area contributed by atoms with E-state index in [0.29, 0.717) is 24.3 Å². The van der Waals surface area contributed by atoms with Crippen molar-refractivity contribution < 1.29 is 46.9 Å². The molecule has 5 atom stereocenters. The van der Waals surface area contributed by atoms with Gasteiger partial charge in [-0.15, -0.1) is 11.3 Å². The first-order valence-electron chi connectivity index (χ1n) is 25.2. The summed E-state index contributed by atoms with van der Waals surface area (Å²) >= 11 is 1.56. The summed E-state index contributed by atoms with van der Waals surface area (Å²) in [5.41, 5.74) is 6.39. The number of hydrogen-bond acceptors (Lipinski definition) is 10. The van der Waals surface area contributed by atoms with Crippen LogP contribution in [0, 0.1) is 24.0 Å². The van der Waals surface area contributed by atoms with Gasteiger partial charge in [-0.05, 0) is 127 Å². The summed E-state index contributed by atoms with van der Waals surface area (Å²) in [6, 6.07) is 21.6. The molecule has 13 nitrogen and oxygen atoms in total. The number of carbonyl (C=O) groups is 4. The molecule has 3 aliphatic rings. The van der Waals surface area contributed by atoms with Crippen LogP contribution < -0.4 is 25.4 Å². The number of likely N-dealkylation sites (tertiary alicyclic amines) is 1. The molecule has 0 saturated carbocycles. The molecule has 0 bridgehead atoms. The number of aryl methyl sites for hydroxylation is 1. The van der Waals surface area contributed by atoms with Gasteiger partial charge in [0.25, 0.3) is 5.91 Å². The minimum atomic E-state index is -1.61. The number of hydrogen-bond donors (Lipinski definition) is 4. The summed E-state index contributed by atoms with van der Waals surface area (Å²) in [7, 11) is 0. The number of carbonyl (C=O) groups excluding carboxylic acids is 4. The van der Waals surface area contributed by atoms with Crippen LogP contribution in [0.25, 0.3) is 22.1 Å². The molecule has 75 heavy (non-hydrogen) atoms. The van der Waals surface area contributed by atoms with Crippen molar-refractivity contribution in [1.82, 2.24) is 30.7 Å². The van der Waals surface area contributed by atoms with Crippen LogP contribution >= 0.6 is 11.3 Å². The quantitative estimate of drug-likeness (QED) is 0.0497. The Kier molecular flexibility index (Phi) is 16.7. The molecule has 1 saturated heterocycles. The number of amides is 4. The van der Waals surface area contributed by atoms with Gasteiger partial charge in [-0.1, -0.05) is 69.3 Å². The minimum absolute atomic E-state index is 0.00617. The van der Waals surface area contributed by atoms with E-state index in [-0.39, 0.29) is 56.4 Å². The van der Waals surface area contributed by atoms with E-state index < -0.39 is 77.2 Å². The third-order valence-corrected chi connectivity index (χ3v) is 14.8. The fourth-order valence-corrected chi connectivity index (χ4v) is 11.0. The maximum atomic E-state index is 16.2. The summed E-state index contributed by atoms with van der Waals surface area (Å²) in [4.78, 5) is 62.1. The van der Waals surface area contributed by atoms with Gasteiger partial charge in [0.05, 0.1) is 34.8 Å². The average molecular weight is 1050 g/mol. The van der Waals surface area contributed by atoms with Gasteiger partial charge in [-0.3, -0.25) is 24.1 Å². The highest BCUT2D eigenvalue weighted by Crippen LogP contribution is 2.50. The predicted octanol–water partition coefficient (Wildman–Crippen LogP) is 8.69. The smallest absolute Gasteiger partial charge is 0.258 e. The van der Waals surface area contributed by atoms with Crippen LogP contribution in [0.2, 0.25) is 0 Å². The molecule has 0 radical (unpaired) electrons. The van der Waals surface area contributed by atoms with Crippen LogP contribution in [0.3, 0.4) is 0 Å². The monoisotopic (exact) mass is 1050 g/mol. The fraction of sp³-hybridized carbons (Fsp3) is 0.397. The van der Waals surface area contributed by atoms with Gasteiger partial charge in [0.1, 0.15) is 47.5 Å². The average Bonchev–Trinajstić information content (AvgIpc) is 4.09. The second-order valence-electron chi connectivity index (χ2n) is 21.3. The molecule has 1 aliphatic carbocycles. The lowest BCUT2D eigenvalue weighted by Crippen LogP contribution is -2.58. The number of β-amino-alcohol motifs (C(OH)–C–C–N with tert-alkyl or cyclic N) is 1. The lowest BCUT2D eigenvalue weighted by atomic mass is 9.83. The molecule has 4 N–H and O–H groups in total. The third-order valence-electron chi connectivity index (χ3n) is 13.8. The maximum Gasteiger partial charge on any atom is 0.258 e. The summed E-state index contributed by atoms with van der Waals surface area (Å²) < 4.78 is 59.0. The molecule has 17 heteroatoms. The molecular formula is C58H65F3N6O7S. The molecule has 1 aromatic heterocycles. The second kappa shape index (κ2) is 23.0. The standard InChI is InChI=1S/C58H65F3N6O7S/c1-34-24-44-43-11-9-8-10-39(43)27-45(44)52(67(34)32-58(6,7)61)51-46(59)25-37(26-47(51)60)14-21-49(69)62-22-23-73-41-17-19-42(20-18-41)74-31-50(70)65-54(57(3,4)5)56(72)66-30-40(68)28-48(66)55(71)63-29-36-12-15-38(16-13-36)53-35(2)64-33-75-53/h8-21,25-26,33-34,40,48,52,54,68H,22-24,27-32H2,1-7H3,(H,62,69)(H,63,71)(H,65,70)/b21-14+/t34-,40-,48+,52+,54-/m1/s1. The molecule has 8 rings (SSSR count). The van der Waals surface area contributed by atoms with Crippen LogP contribution in [0.15, 0.2) is 102 Å². The summed E-state index contributed by atoms with van der Waals surface area (Å²) in [5, 5.41) is 19.0. The zero-order valence-electron chi connectivity index (χ0n) is 43.3. The molecule has 2 aliphatic heterocycles. The third kappa shape index (κ3) is 13.2. The highest BCUT2D eigenvalue weighted by Gasteiger charge is 2.45. The zero-order chi connectivity index (χ0) is 53.8. The van der Waals surface area contributed by atoms with Gasteiger partial charge in [0.15, 0.2) is 6.61 Å². The molecule has 4 amide bonds. The van der Waals surface area contributed by atoms with Crippen molar-refractivity contribution >= 4 is 46.6 Å². The zero-order valence-corrected chi connectivity index (χ0v) is 44.2. The second-order valence-corrected chi connectivity index (χ2v) is 22.1. The number of halogens is 3. The normalized spacial score (nSPS) is 19.2. The van der Waals surface area contributed by atoms with Crippen molar-refractivity contribution in [1.29, 1.82) is 0 Å². The number of benzene rings is 4. The number of aliphatic hydroxyl groups excluding tert-OH is 1. The molecule has 4 aromatic carbocycles. The highest BCUT2D eigenvalue weighted by atomic mass is 32.1. The number of nitrogens with zero attached hydrogens (tertiary/aromatic N) is 3. The Labute approximate surface area is 440 Å². The van der Waals surface area contributed by atoms with Crippen molar-refractivity contribution in [3.05, 3.63) is 147 Å². The molecule has 0 spiro atoms. The highest BCUT2D eigenvalue weighted by molar-refractivity contribution is 7.13. The van der Waals surface area contributed by atoms with E-state index in [0.717, 1.165) is 44.0 Å². The van der Waals surface area contributed by atoms with Crippen LogP contribution in [-0.4, -0.2) is 106 Å². The van der Waals surface area contributed by atoms with Crippen molar-refractivity contribution in [2.75, 3.05) is 32.8 Å². The number of ether oxygens (including phenoxy) is 2. The topological polar surface area (TPSA) is 162 Å². The van der Waals surface area contributed by atoms with E-state index >= 15 is 13.2 Å². The van der Waals surface area contributed by atoms with E-state index in [1.54, 1.807) is 61.9 Å². The van der Waals surface area contributed by atoms with Crippen molar-refractivity contribution in [3.8, 4) is 21.9 Å². The number of alkyl halides is 1. The van der Waals surface area contributed by atoms with E-state index in [1.165, 1.54) is 43.0 Å². The summed E-state index contributed by atoms with van der Waals surface area (Å²) in [6.45, 7) is 12.2. The summed E-state index contributed by atoms with van der Waals surface area (Å²) in [5.74, 6) is -2.71. The maximum absolute atomic E-state index is 16.2. The van der Waals surface area contributed by atoms with E-state index in [9.17, 15) is 24.3 Å². The van der Waals surface area contributed by atoms with Crippen LogP contribution in [0.4, 0.5) is 13.2 Å².